The highest BCUT2D eigenvalue weighted by Gasteiger charge is 2.24. The fraction of sp³-hybridized carbons (Fsp3) is 0.0588. The molecule has 1 aromatic heterocycles. The first kappa shape index (κ1) is 19.2. The van der Waals surface area contributed by atoms with E-state index in [0.717, 1.165) is 3.97 Å². The average molecular weight is 424 g/mol. The number of halogens is 2. The first-order valence-corrected chi connectivity index (χ1v) is 9.87. The van der Waals surface area contributed by atoms with E-state index in [1.165, 1.54) is 24.4 Å². The Morgan fingerprint density at radius 3 is 2.63 bits per heavy atom. The lowest BCUT2D eigenvalue weighted by atomic mass is 10.1. The molecule has 0 aliphatic heterocycles. The first-order valence-electron chi connectivity index (χ1n) is 7.67. The van der Waals surface area contributed by atoms with Crippen molar-refractivity contribution in [1.29, 1.82) is 5.41 Å². The minimum Gasteiger partial charge on any atom is -0.369 e. The second kappa shape index (κ2) is 7.22. The molecular formula is C17H15Cl2N5O2S. The lowest BCUT2D eigenvalue weighted by molar-refractivity contribution is 0.589. The second-order valence-corrected chi connectivity index (χ2v) is 8.29. The van der Waals surface area contributed by atoms with Crippen molar-refractivity contribution in [3.05, 3.63) is 64.3 Å². The maximum atomic E-state index is 13.2. The monoisotopic (exact) mass is 423 g/mol. The Morgan fingerprint density at radius 1 is 1.22 bits per heavy atom. The van der Waals surface area contributed by atoms with Crippen LogP contribution in [-0.2, 0) is 10.0 Å². The maximum Gasteiger partial charge on any atom is 0.269 e. The van der Waals surface area contributed by atoms with Crippen LogP contribution < -0.4 is 11.2 Å². The van der Waals surface area contributed by atoms with Gasteiger partial charge in [0.15, 0.2) is 0 Å². The number of guanidine groups is 1. The minimum absolute atomic E-state index is 0.0716. The lowest BCUT2D eigenvalue weighted by Crippen LogP contribution is -2.26. The van der Waals surface area contributed by atoms with E-state index in [-0.39, 0.29) is 20.9 Å². The smallest absolute Gasteiger partial charge is 0.269 e. The van der Waals surface area contributed by atoms with Crippen LogP contribution in [0.5, 0.6) is 0 Å². The number of nitrogens with one attached hydrogen (secondary N) is 2. The van der Waals surface area contributed by atoms with Gasteiger partial charge in [-0.1, -0.05) is 41.4 Å². The molecule has 3 rings (SSSR count). The summed E-state index contributed by atoms with van der Waals surface area (Å²) in [6.45, 7) is 1.68. The fourth-order valence-corrected chi connectivity index (χ4v) is 4.73. The summed E-state index contributed by atoms with van der Waals surface area (Å²) in [6, 6.07) is 11.3. The molecule has 0 saturated carbocycles. The highest BCUT2D eigenvalue weighted by Crippen LogP contribution is 2.31. The summed E-state index contributed by atoms with van der Waals surface area (Å²) in [5, 5.41) is 12.2. The van der Waals surface area contributed by atoms with Crippen LogP contribution in [0.4, 0.5) is 0 Å². The summed E-state index contributed by atoms with van der Waals surface area (Å²) < 4.78 is 27.6. The number of para-hydroxylation sites is 1. The van der Waals surface area contributed by atoms with Crippen LogP contribution in [0.1, 0.15) is 12.5 Å². The third-order valence-corrected chi connectivity index (χ3v) is 6.23. The summed E-state index contributed by atoms with van der Waals surface area (Å²) in [4.78, 5) is -0.0968. The zero-order valence-electron chi connectivity index (χ0n) is 14.1. The Bertz CT molecular complexity index is 1190. The normalized spacial score (nSPS) is 12.3. The van der Waals surface area contributed by atoms with Crippen LogP contribution >= 0.6 is 23.2 Å². The molecule has 0 radical (unpaired) electrons. The quantitative estimate of drug-likeness (QED) is 0.338. The number of nitrogens with zero attached hydrogens (tertiary/aromatic N) is 2. The predicted molar refractivity (Wildman–Crippen MR) is 108 cm³/mol. The van der Waals surface area contributed by atoms with Gasteiger partial charge in [0.1, 0.15) is 4.90 Å². The average Bonchev–Trinajstić information content (AvgIpc) is 3.02. The van der Waals surface area contributed by atoms with Crippen molar-refractivity contribution in [3.8, 4) is 0 Å². The van der Waals surface area contributed by atoms with Crippen molar-refractivity contribution in [2.75, 3.05) is 0 Å². The van der Waals surface area contributed by atoms with E-state index in [9.17, 15) is 8.42 Å². The van der Waals surface area contributed by atoms with E-state index < -0.39 is 10.0 Å². The molecule has 27 heavy (non-hydrogen) atoms. The number of benzene rings is 2. The van der Waals surface area contributed by atoms with Crippen molar-refractivity contribution < 1.29 is 8.42 Å². The largest absolute Gasteiger partial charge is 0.369 e. The number of hydrogen-bond donors (Lipinski definition) is 3. The molecule has 7 nitrogen and oxygen atoms in total. The second-order valence-electron chi connectivity index (χ2n) is 5.66. The fourth-order valence-electron chi connectivity index (χ4n) is 2.62. The number of hydrogen-bond acceptors (Lipinski definition) is 4. The van der Waals surface area contributed by atoms with Crippen molar-refractivity contribution in [2.45, 2.75) is 11.8 Å². The van der Waals surface area contributed by atoms with Gasteiger partial charge in [0, 0.05) is 22.2 Å². The van der Waals surface area contributed by atoms with Gasteiger partial charge in [0.25, 0.3) is 10.0 Å². The van der Waals surface area contributed by atoms with Crippen molar-refractivity contribution >= 4 is 55.8 Å². The number of aromatic nitrogens is 1. The number of nitrogens with two attached hydrogens (primary N) is 1. The topological polar surface area (TPSA) is 113 Å². The molecule has 0 fully saturated rings. The molecule has 3 aromatic rings. The van der Waals surface area contributed by atoms with Crippen molar-refractivity contribution in [2.24, 2.45) is 10.8 Å². The molecular weight excluding hydrogens is 409 g/mol. The van der Waals surface area contributed by atoms with E-state index in [1.54, 1.807) is 31.2 Å². The highest BCUT2D eigenvalue weighted by atomic mass is 35.5. The summed E-state index contributed by atoms with van der Waals surface area (Å²) in [7, 11) is -4.00. The van der Waals surface area contributed by atoms with E-state index >= 15 is 0 Å². The first-order chi connectivity index (χ1) is 12.7. The Hall–Kier alpha value is -2.55. The maximum absolute atomic E-state index is 13.2. The molecule has 0 atom stereocenters. The van der Waals surface area contributed by atoms with Crippen LogP contribution in [0.2, 0.25) is 10.0 Å². The minimum atomic E-state index is -4.00. The van der Waals surface area contributed by atoms with Crippen molar-refractivity contribution in [1.82, 2.24) is 9.40 Å². The molecule has 4 N–H and O–H groups in total. The van der Waals surface area contributed by atoms with E-state index in [1.807, 2.05) is 0 Å². The van der Waals surface area contributed by atoms with E-state index in [0.29, 0.717) is 22.2 Å². The van der Waals surface area contributed by atoms with Gasteiger partial charge in [-0.2, -0.15) is 5.10 Å². The zero-order chi connectivity index (χ0) is 19.8. The van der Waals surface area contributed by atoms with E-state index in [2.05, 4.69) is 10.5 Å². The predicted octanol–water partition coefficient (Wildman–Crippen LogP) is 3.39. The third-order valence-electron chi connectivity index (χ3n) is 3.84. The van der Waals surface area contributed by atoms with Crippen LogP contribution in [0.25, 0.3) is 10.9 Å². The standard InChI is InChI=1S/C17H15Cl2N5O2S/c1-10(22-23-17(20)21)13-9-24(15-5-3-2-4-12(13)15)27(25,26)16-8-11(18)6-7-14(16)19/h2-9H,1H3,(H4,20,21,23). The van der Waals surface area contributed by atoms with Gasteiger partial charge < -0.3 is 5.73 Å². The summed E-state index contributed by atoms with van der Waals surface area (Å²) >= 11 is 12.1. The molecule has 0 amide bonds. The molecule has 0 unspecified atom stereocenters. The van der Waals surface area contributed by atoms with E-state index in [4.69, 9.17) is 34.3 Å². The zero-order valence-corrected chi connectivity index (χ0v) is 16.4. The van der Waals surface area contributed by atoms with Gasteiger partial charge in [0.2, 0.25) is 5.96 Å². The number of hydrazone groups is 1. The molecule has 0 aliphatic rings. The Balaban J connectivity index is 2.25. The lowest BCUT2D eigenvalue weighted by Gasteiger charge is -2.09. The highest BCUT2D eigenvalue weighted by molar-refractivity contribution is 7.90. The molecule has 2 aromatic carbocycles. The summed E-state index contributed by atoms with van der Waals surface area (Å²) in [5.74, 6) is -0.323. The van der Waals surface area contributed by atoms with Gasteiger partial charge in [-0.05, 0) is 31.2 Å². The number of rotatable bonds is 4. The molecule has 1 heterocycles. The van der Waals surface area contributed by atoms with Crippen LogP contribution in [0, 0.1) is 5.41 Å². The Labute approximate surface area is 165 Å². The molecule has 0 bridgehead atoms. The SMILES string of the molecule is CC(=NNC(=N)N)c1cn(S(=O)(=O)c2cc(Cl)ccc2Cl)c2ccccc12. The van der Waals surface area contributed by atoms with Gasteiger partial charge in [-0.15, -0.1) is 0 Å². The Kier molecular flexibility index (Phi) is 5.14. The van der Waals surface area contributed by atoms with Gasteiger partial charge >= 0.3 is 0 Å². The molecule has 0 saturated heterocycles. The molecule has 0 aliphatic carbocycles. The molecule has 0 spiro atoms. The van der Waals surface area contributed by atoms with Crippen molar-refractivity contribution in [3.63, 3.8) is 0 Å². The van der Waals surface area contributed by atoms with Crippen LogP contribution in [0.3, 0.4) is 0 Å². The Morgan fingerprint density at radius 2 is 1.93 bits per heavy atom. The molecule has 140 valence electrons. The third kappa shape index (κ3) is 3.64. The summed E-state index contributed by atoms with van der Waals surface area (Å²) in [5.41, 5.74) is 9.10. The summed E-state index contributed by atoms with van der Waals surface area (Å²) in [6.07, 6.45) is 1.46. The van der Waals surface area contributed by atoms with Crippen LogP contribution in [-0.4, -0.2) is 24.1 Å². The van der Waals surface area contributed by atoms with Gasteiger partial charge in [-0.3, -0.25) is 5.41 Å². The number of fused-ring (bicyclic) bond motifs is 1. The molecule has 10 heteroatoms. The van der Waals surface area contributed by atoms with Gasteiger partial charge in [-0.25, -0.2) is 17.8 Å². The van der Waals surface area contributed by atoms with Gasteiger partial charge in [0.05, 0.1) is 16.3 Å². The van der Waals surface area contributed by atoms with Crippen LogP contribution in [0.15, 0.2) is 58.7 Å².